The maximum atomic E-state index is 13.7. The SMILES string of the molecule is CC[C@@H](C)NC(=O)[C@@H](Cc1ccccc1)N(Cc1ccc(Cl)cc1Cl)C(=O)Cc1ccc(Cl)cc1. The van der Waals surface area contributed by atoms with Gasteiger partial charge in [-0.3, -0.25) is 9.59 Å². The van der Waals surface area contributed by atoms with E-state index in [-0.39, 0.29) is 30.8 Å². The van der Waals surface area contributed by atoms with Crippen molar-refractivity contribution in [3.63, 3.8) is 0 Å². The molecule has 0 aliphatic carbocycles. The largest absolute Gasteiger partial charge is 0.352 e. The summed E-state index contributed by atoms with van der Waals surface area (Å²) in [6, 6.07) is 21.3. The van der Waals surface area contributed by atoms with Crippen LogP contribution in [0.2, 0.25) is 15.1 Å². The first kappa shape index (κ1) is 27.1. The van der Waals surface area contributed by atoms with Gasteiger partial charge in [0.05, 0.1) is 6.42 Å². The second kappa shape index (κ2) is 13.0. The summed E-state index contributed by atoms with van der Waals surface area (Å²) in [4.78, 5) is 28.8. The van der Waals surface area contributed by atoms with Gasteiger partial charge in [0.2, 0.25) is 11.8 Å². The van der Waals surface area contributed by atoms with Crippen molar-refractivity contribution in [2.24, 2.45) is 0 Å². The van der Waals surface area contributed by atoms with Gasteiger partial charge in [0.15, 0.2) is 0 Å². The molecule has 0 fully saturated rings. The standard InChI is InChI=1S/C28H29Cl3N2O2/c1-3-19(2)32-28(35)26(15-20-7-5-4-6-8-20)33(18-22-11-14-24(30)17-25(22)31)27(34)16-21-9-12-23(29)13-10-21/h4-14,17,19,26H,3,15-16,18H2,1-2H3,(H,32,35)/t19-,26-/m1/s1. The summed E-state index contributed by atoms with van der Waals surface area (Å²) in [5.74, 6) is -0.378. The number of hydrogen-bond acceptors (Lipinski definition) is 2. The zero-order valence-corrected chi connectivity index (χ0v) is 22.1. The first-order valence-electron chi connectivity index (χ1n) is 11.6. The Labute approximate surface area is 222 Å². The number of hydrogen-bond donors (Lipinski definition) is 1. The Bertz CT molecular complexity index is 1140. The highest BCUT2D eigenvalue weighted by Crippen LogP contribution is 2.25. The Morgan fingerprint density at radius 3 is 2.17 bits per heavy atom. The van der Waals surface area contributed by atoms with Crippen LogP contribution in [0.4, 0.5) is 0 Å². The van der Waals surface area contributed by atoms with E-state index in [0.29, 0.717) is 21.5 Å². The average Bonchev–Trinajstić information content (AvgIpc) is 2.84. The zero-order valence-electron chi connectivity index (χ0n) is 19.8. The fourth-order valence-electron chi connectivity index (χ4n) is 3.71. The van der Waals surface area contributed by atoms with Crippen LogP contribution in [0.3, 0.4) is 0 Å². The van der Waals surface area contributed by atoms with Crippen LogP contribution >= 0.6 is 34.8 Å². The van der Waals surface area contributed by atoms with Crippen molar-refractivity contribution in [3.05, 3.63) is 105 Å². The third kappa shape index (κ3) is 7.99. The summed E-state index contributed by atoms with van der Waals surface area (Å²) in [5.41, 5.74) is 2.49. The first-order valence-corrected chi connectivity index (χ1v) is 12.7. The fourth-order valence-corrected chi connectivity index (χ4v) is 4.30. The maximum absolute atomic E-state index is 13.7. The molecule has 3 aromatic rings. The molecule has 1 N–H and O–H groups in total. The molecule has 0 aromatic heterocycles. The third-order valence-corrected chi connectivity index (χ3v) is 6.74. The summed E-state index contributed by atoms with van der Waals surface area (Å²) < 4.78 is 0. The molecule has 3 aromatic carbocycles. The number of benzene rings is 3. The van der Waals surface area contributed by atoms with Crippen molar-refractivity contribution in [1.82, 2.24) is 10.2 Å². The van der Waals surface area contributed by atoms with Crippen LogP contribution in [0.1, 0.15) is 37.0 Å². The summed E-state index contributed by atoms with van der Waals surface area (Å²) in [6.07, 6.45) is 1.29. The summed E-state index contributed by atoms with van der Waals surface area (Å²) >= 11 is 18.6. The number of carbonyl (C=O) groups excluding carboxylic acids is 2. The highest BCUT2D eigenvalue weighted by molar-refractivity contribution is 6.35. The van der Waals surface area contributed by atoms with E-state index in [0.717, 1.165) is 23.1 Å². The van der Waals surface area contributed by atoms with Gasteiger partial charge in [-0.1, -0.05) is 90.3 Å². The minimum absolute atomic E-state index is 0.0203. The van der Waals surface area contributed by atoms with Crippen LogP contribution in [0.5, 0.6) is 0 Å². The molecule has 2 amide bonds. The van der Waals surface area contributed by atoms with Gasteiger partial charge in [0.25, 0.3) is 0 Å². The van der Waals surface area contributed by atoms with E-state index in [1.165, 1.54) is 0 Å². The average molecular weight is 532 g/mol. The highest BCUT2D eigenvalue weighted by Gasteiger charge is 2.31. The van der Waals surface area contributed by atoms with Gasteiger partial charge in [-0.05, 0) is 54.3 Å². The van der Waals surface area contributed by atoms with E-state index in [1.807, 2.05) is 56.3 Å². The molecule has 0 unspecified atom stereocenters. The van der Waals surface area contributed by atoms with Crippen molar-refractivity contribution < 1.29 is 9.59 Å². The highest BCUT2D eigenvalue weighted by atomic mass is 35.5. The van der Waals surface area contributed by atoms with Crippen molar-refractivity contribution >= 4 is 46.6 Å². The number of carbonyl (C=O) groups is 2. The number of nitrogens with zero attached hydrogens (tertiary/aromatic N) is 1. The van der Waals surface area contributed by atoms with Gasteiger partial charge in [-0.25, -0.2) is 0 Å². The quantitative estimate of drug-likeness (QED) is 0.315. The lowest BCUT2D eigenvalue weighted by atomic mass is 10.0. The Hall–Kier alpha value is -2.53. The second-order valence-corrected chi connectivity index (χ2v) is 9.86. The molecule has 0 saturated carbocycles. The summed E-state index contributed by atoms with van der Waals surface area (Å²) in [5, 5.41) is 4.61. The second-order valence-electron chi connectivity index (χ2n) is 8.58. The Balaban J connectivity index is 1.99. The number of amides is 2. The summed E-state index contributed by atoms with van der Waals surface area (Å²) in [6.45, 7) is 4.13. The van der Waals surface area contributed by atoms with Crippen LogP contribution in [-0.4, -0.2) is 28.8 Å². The number of nitrogens with one attached hydrogen (secondary N) is 1. The molecule has 4 nitrogen and oxygen atoms in total. The maximum Gasteiger partial charge on any atom is 0.243 e. The third-order valence-electron chi connectivity index (χ3n) is 5.90. The monoisotopic (exact) mass is 530 g/mol. The van der Waals surface area contributed by atoms with Gasteiger partial charge in [-0.15, -0.1) is 0 Å². The molecule has 0 radical (unpaired) electrons. The van der Waals surface area contributed by atoms with Gasteiger partial charge < -0.3 is 10.2 Å². The van der Waals surface area contributed by atoms with Crippen molar-refractivity contribution in [2.45, 2.75) is 51.7 Å². The van der Waals surface area contributed by atoms with E-state index in [4.69, 9.17) is 34.8 Å². The van der Waals surface area contributed by atoms with E-state index in [2.05, 4.69) is 5.32 Å². The molecule has 0 heterocycles. The van der Waals surface area contributed by atoms with Crippen molar-refractivity contribution in [1.29, 1.82) is 0 Å². The molecule has 184 valence electrons. The molecule has 0 aliphatic heterocycles. The molecule has 7 heteroatoms. The normalized spacial score (nSPS) is 12.6. The van der Waals surface area contributed by atoms with Crippen LogP contribution < -0.4 is 5.32 Å². The number of rotatable bonds is 10. The molecular formula is C28H29Cl3N2O2. The predicted octanol–water partition coefficient (Wildman–Crippen LogP) is 6.74. The molecular weight excluding hydrogens is 503 g/mol. The predicted molar refractivity (Wildman–Crippen MR) is 144 cm³/mol. The topological polar surface area (TPSA) is 49.4 Å². The summed E-state index contributed by atoms with van der Waals surface area (Å²) in [7, 11) is 0. The Kier molecular flexibility index (Phi) is 10.0. The lowest BCUT2D eigenvalue weighted by Crippen LogP contribution is -2.52. The first-order chi connectivity index (χ1) is 16.8. The zero-order chi connectivity index (χ0) is 25.4. The number of halogens is 3. The van der Waals surface area contributed by atoms with Gasteiger partial charge >= 0.3 is 0 Å². The smallest absolute Gasteiger partial charge is 0.243 e. The van der Waals surface area contributed by atoms with Crippen LogP contribution in [0, 0.1) is 0 Å². The van der Waals surface area contributed by atoms with E-state index < -0.39 is 6.04 Å². The van der Waals surface area contributed by atoms with E-state index in [9.17, 15) is 9.59 Å². The van der Waals surface area contributed by atoms with Gasteiger partial charge in [0.1, 0.15) is 6.04 Å². The molecule has 0 spiro atoms. The minimum atomic E-state index is -0.724. The fraction of sp³-hybridized carbons (Fsp3) is 0.286. The molecule has 2 atom stereocenters. The van der Waals surface area contributed by atoms with E-state index in [1.54, 1.807) is 35.2 Å². The van der Waals surface area contributed by atoms with Gasteiger partial charge in [-0.2, -0.15) is 0 Å². The molecule has 0 saturated heterocycles. The lowest BCUT2D eigenvalue weighted by molar-refractivity contribution is -0.141. The van der Waals surface area contributed by atoms with Crippen molar-refractivity contribution in [2.75, 3.05) is 0 Å². The molecule has 3 rings (SSSR count). The van der Waals surface area contributed by atoms with Crippen LogP contribution in [0.15, 0.2) is 72.8 Å². The molecule has 0 aliphatic rings. The Morgan fingerprint density at radius 1 is 0.886 bits per heavy atom. The van der Waals surface area contributed by atoms with Crippen molar-refractivity contribution in [3.8, 4) is 0 Å². The molecule has 0 bridgehead atoms. The Morgan fingerprint density at radius 2 is 1.54 bits per heavy atom. The van der Waals surface area contributed by atoms with E-state index >= 15 is 0 Å². The lowest BCUT2D eigenvalue weighted by Gasteiger charge is -2.32. The minimum Gasteiger partial charge on any atom is -0.352 e. The van der Waals surface area contributed by atoms with Crippen LogP contribution in [-0.2, 0) is 29.0 Å². The van der Waals surface area contributed by atoms with Crippen LogP contribution in [0.25, 0.3) is 0 Å². The van der Waals surface area contributed by atoms with Gasteiger partial charge in [0, 0.05) is 34.1 Å². The molecule has 35 heavy (non-hydrogen) atoms.